The molecular formula is C18H20FNO2. The number of halogens is 1. The van der Waals surface area contributed by atoms with Crippen LogP contribution in [0.4, 0.5) is 10.1 Å². The smallest absolute Gasteiger partial charge is 0.262 e. The zero-order valence-corrected chi connectivity index (χ0v) is 13.0. The van der Waals surface area contributed by atoms with Crippen molar-refractivity contribution in [2.24, 2.45) is 0 Å². The fourth-order valence-corrected chi connectivity index (χ4v) is 2.30. The highest BCUT2D eigenvalue weighted by atomic mass is 19.1. The Morgan fingerprint density at radius 3 is 2.64 bits per heavy atom. The third kappa shape index (κ3) is 4.32. The Kier molecular flexibility index (Phi) is 5.15. The zero-order chi connectivity index (χ0) is 16.1. The van der Waals surface area contributed by atoms with Crippen molar-refractivity contribution in [3.05, 3.63) is 59.4 Å². The highest BCUT2D eigenvalue weighted by Gasteiger charge is 2.07. The third-order valence-electron chi connectivity index (χ3n) is 3.34. The molecule has 2 rings (SSSR count). The second-order valence-corrected chi connectivity index (χ2v) is 5.52. The number of anilines is 1. The topological polar surface area (TPSA) is 38.3 Å². The lowest BCUT2D eigenvalue weighted by Crippen LogP contribution is -2.20. The van der Waals surface area contributed by atoms with Crippen LogP contribution in [0, 0.1) is 12.7 Å². The Morgan fingerprint density at radius 2 is 2.00 bits per heavy atom. The molecular weight excluding hydrogens is 281 g/mol. The van der Waals surface area contributed by atoms with Crippen LogP contribution in [-0.4, -0.2) is 12.5 Å². The zero-order valence-electron chi connectivity index (χ0n) is 13.0. The van der Waals surface area contributed by atoms with Gasteiger partial charge in [0.25, 0.3) is 5.91 Å². The van der Waals surface area contributed by atoms with E-state index in [0.717, 1.165) is 5.56 Å². The number of carbonyl (C=O) groups is 1. The molecule has 116 valence electrons. The monoisotopic (exact) mass is 301 g/mol. The average molecular weight is 301 g/mol. The van der Waals surface area contributed by atoms with Crippen LogP contribution in [-0.2, 0) is 4.79 Å². The molecule has 0 aliphatic heterocycles. The van der Waals surface area contributed by atoms with Gasteiger partial charge >= 0.3 is 0 Å². The summed E-state index contributed by atoms with van der Waals surface area (Å²) in [5, 5.41) is 2.59. The van der Waals surface area contributed by atoms with Crippen molar-refractivity contribution in [1.29, 1.82) is 0 Å². The molecule has 0 aromatic heterocycles. The molecule has 0 heterocycles. The van der Waals surface area contributed by atoms with E-state index >= 15 is 0 Å². The van der Waals surface area contributed by atoms with Gasteiger partial charge in [-0.3, -0.25) is 4.79 Å². The van der Waals surface area contributed by atoms with Gasteiger partial charge in [-0.25, -0.2) is 4.39 Å². The van der Waals surface area contributed by atoms with E-state index in [2.05, 4.69) is 19.2 Å². The van der Waals surface area contributed by atoms with Crippen molar-refractivity contribution < 1.29 is 13.9 Å². The summed E-state index contributed by atoms with van der Waals surface area (Å²) in [7, 11) is 0. The van der Waals surface area contributed by atoms with E-state index in [1.54, 1.807) is 12.1 Å². The van der Waals surface area contributed by atoms with E-state index in [1.165, 1.54) is 17.7 Å². The van der Waals surface area contributed by atoms with Crippen LogP contribution in [0.5, 0.6) is 5.75 Å². The average Bonchev–Trinajstić information content (AvgIpc) is 2.45. The summed E-state index contributed by atoms with van der Waals surface area (Å²) in [5.74, 6) is 0.386. The van der Waals surface area contributed by atoms with Crippen molar-refractivity contribution in [1.82, 2.24) is 0 Å². The molecule has 0 atom stereocenters. The number of amides is 1. The molecule has 0 saturated heterocycles. The number of ether oxygens (including phenoxy) is 1. The van der Waals surface area contributed by atoms with Crippen molar-refractivity contribution in [2.75, 3.05) is 11.9 Å². The van der Waals surface area contributed by atoms with Gasteiger partial charge in [0.15, 0.2) is 6.61 Å². The summed E-state index contributed by atoms with van der Waals surface area (Å²) < 4.78 is 18.5. The van der Waals surface area contributed by atoms with Crippen molar-refractivity contribution in [3.63, 3.8) is 0 Å². The largest absolute Gasteiger partial charge is 0.484 e. The second kappa shape index (κ2) is 7.07. The molecule has 0 unspecified atom stereocenters. The van der Waals surface area contributed by atoms with Crippen molar-refractivity contribution in [2.45, 2.75) is 26.7 Å². The van der Waals surface area contributed by atoms with Crippen molar-refractivity contribution >= 4 is 11.6 Å². The first-order valence-corrected chi connectivity index (χ1v) is 7.24. The molecule has 0 fully saturated rings. The number of benzene rings is 2. The van der Waals surface area contributed by atoms with Crippen LogP contribution in [0.3, 0.4) is 0 Å². The quantitative estimate of drug-likeness (QED) is 0.895. The molecule has 22 heavy (non-hydrogen) atoms. The first kappa shape index (κ1) is 16.0. The van der Waals surface area contributed by atoms with Crippen LogP contribution in [0.15, 0.2) is 42.5 Å². The maximum Gasteiger partial charge on any atom is 0.262 e. The highest BCUT2D eigenvalue weighted by Crippen LogP contribution is 2.23. The predicted octanol–water partition coefficient (Wildman–Crippen LogP) is 4.28. The Bertz CT molecular complexity index is 668. The number of hydrogen-bond acceptors (Lipinski definition) is 2. The SMILES string of the molecule is Cc1cc(OCC(=O)Nc2cccc(F)c2)ccc1C(C)C. The molecule has 0 radical (unpaired) electrons. The Morgan fingerprint density at radius 1 is 1.23 bits per heavy atom. The second-order valence-electron chi connectivity index (χ2n) is 5.52. The lowest BCUT2D eigenvalue weighted by atomic mass is 9.98. The normalized spacial score (nSPS) is 10.6. The van der Waals surface area contributed by atoms with Crippen LogP contribution in [0.1, 0.15) is 30.9 Å². The number of rotatable bonds is 5. The molecule has 2 aromatic carbocycles. The van der Waals surface area contributed by atoms with Gasteiger partial charge in [0.2, 0.25) is 0 Å². The van der Waals surface area contributed by atoms with Gasteiger partial charge in [0.1, 0.15) is 11.6 Å². The summed E-state index contributed by atoms with van der Waals surface area (Å²) in [5.41, 5.74) is 2.81. The van der Waals surface area contributed by atoms with E-state index in [1.807, 2.05) is 25.1 Å². The van der Waals surface area contributed by atoms with Gasteiger partial charge in [-0.15, -0.1) is 0 Å². The standard InChI is InChI=1S/C18H20FNO2/c1-12(2)17-8-7-16(9-13(17)3)22-11-18(21)20-15-6-4-5-14(19)10-15/h4-10,12H,11H2,1-3H3,(H,20,21). The molecule has 0 bridgehead atoms. The molecule has 2 aromatic rings. The fourth-order valence-electron chi connectivity index (χ4n) is 2.30. The summed E-state index contributed by atoms with van der Waals surface area (Å²) >= 11 is 0. The number of nitrogens with one attached hydrogen (secondary N) is 1. The van der Waals surface area contributed by atoms with Gasteiger partial charge in [-0.1, -0.05) is 26.0 Å². The highest BCUT2D eigenvalue weighted by molar-refractivity contribution is 5.91. The predicted molar refractivity (Wildman–Crippen MR) is 85.8 cm³/mol. The van der Waals surface area contributed by atoms with Gasteiger partial charge in [0.05, 0.1) is 0 Å². The minimum atomic E-state index is -0.390. The first-order valence-electron chi connectivity index (χ1n) is 7.24. The van der Waals surface area contributed by atoms with E-state index < -0.39 is 5.82 Å². The minimum absolute atomic E-state index is 0.114. The maximum atomic E-state index is 13.0. The van der Waals surface area contributed by atoms with Crippen LogP contribution in [0.25, 0.3) is 0 Å². The lowest BCUT2D eigenvalue weighted by Gasteiger charge is -2.12. The summed E-state index contributed by atoms with van der Waals surface area (Å²) in [6.07, 6.45) is 0. The van der Waals surface area contributed by atoms with E-state index in [-0.39, 0.29) is 12.5 Å². The van der Waals surface area contributed by atoms with Gasteiger partial charge in [-0.2, -0.15) is 0 Å². The molecule has 0 aliphatic carbocycles. The van der Waals surface area contributed by atoms with Gasteiger partial charge in [-0.05, 0) is 54.3 Å². The Labute approximate surface area is 130 Å². The Balaban J connectivity index is 1.92. The first-order chi connectivity index (χ1) is 10.5. The fraction of sp³-hybridized carbons (Fsp3) is 0.278. The number of hydrogen-bond donors (Lipinski definition) is 1. The maximum absolute atomic E-state index is 13.0. The molecule has 0 aliphatic rings. The summed E-state index contributed by atoms with van der Waals surface area (Å²) in [4.78, 5) is 11.8. The van der Waals surface area contributed by atoms with Gasteiger partial charge in [0, 0.05) is 5.69 Å². The van der Waals surface area contributed by atoms with Crippen LogP contribution in [0.2, 0.25) is 0 Å². The lowest BCUT2D eigenvalue weighted by molar-refractivity contribution is -0.118. The Hall–Kier alpha value is -2.36. The van der Waals surface area contributed by atoms with Crippen LogP contribution >= 0.6 is 0 Å². The third-order valence-corrected chi connectivity index (χ3v) is 3.34. The van der Waals surface area contributed by atoms with E-state index in [9.17, 15) is 9.18 Å². The molecule has 0 spiro atoms. The van der Waals surface area contributed by atoms with E-state index in [4.69, 9.17) is 4.74 Å². The minimum Gasteiger partial charge on any atom is -0.484 e. The molecule has 3 nitrogen and oxygen atoms in total. The molecule has 1 N–H and O–H groups in total. The number of carbonyl (C=O) groups excluding carboxylic acids is 1. The van der Waals surface area contributed by atoms with Crippen molar-refractivity contribution in [3.8, 4) is 5.75 Å². The van der Waals surface area contributed by atoms with Gasteiger partial charge < -0.3 is 10.1 Å². The molecule has 0 saturated carbocycles. The summed E-state index contributed by atoms with van der Waals surface area (Å²) in [6, 6.07) is 11.6. The van der Waals surface area contributed by atoms with E-state index in [0.29, 0.717) is 17.4 Å². The number of aryl methyl sites for hydroxylation is 1. The molecule has 4 heteroatoms. The summed E-state index contributed by atoms with van der Waals surface area (Å²) in [6.45, 7) is 6.18. The van der Waals surface area contributed by atoms with Crippen LogP contribution < -0.4 is 10.1 Å². The molecule has 1 amide bonds.